The van der Waals surface area contributed by atoms with E-state index in [1.165, 1.54) is 0 Å². The lowest BCUT2D eigenvalue weighted by molar-refractivity contribution is 0.233. The van der Waals surface area contributed by atoms with Crippen molar-refractivity contribution in [1.29, 1.82) is 0 Å². The van der Waals surface area contributed by atoms with Crippen molar-refractivity contribution < 1.29 is 9.84 Å². The lowest BCUT2D eigenvalue weighted by Gasteiger charge is -2.16. The third-order valence-corrected chi connectivity index (χ3v) is 3.04. The Bertz CT molecular complexity index is 358. The quantitative estimate of drug-likeness (QED) is 0.714. The fourth-order valence-corrected chi connectivity index (χ4v) is 2.01. The van der Waals surface area contributed by atoms with Gasteiger partial charge in [0.05, 0.1) is 6.61 Å². The van der Waals surface area contributed by atoms with E-state index in [0.717, 1.165) is 24.3 Å². The van der Waals surface area contributed by atoms with E-state index in [-0.39, 0.29) is 12.6 Å². The van der Waals surface area contributed by atoms with Gasteiger partial charge in [0.1, 0.15) is 5.75 Å². The molecule has 1 unspecified atom stereocenters. The molecule has 0 heterocycles. The van der Waals surface area contributed by atoms with E-state index in [1.54, 1.807) is 0 Å². The summed E-state index contributed by atoms with van der Waals surface area (Å²) in [6, 6.07) is 5.98. The van der Waals surface area contributed by atoms with Crippen molar-refractivity contribution in [2.45, 2.75) is 32.7 Å². The summed E-state index contributed by atoms with van der Waals surface area (Å²) in [6.07, 6.45) is 1.73. The Morgan fingerprint density at radius 3 is 2.83 bits per heavy atom. The SMILES string of the molecule is CCCNC(C)c1ccc(OCCCO)cc1Cl. The topological polar surface area (TPSA) is 41.5 Å². The third kappa shape index (κ3) is 4.84. The number of hydrogen-bond donors (Lipinski definition) is 2. The molecule has 4 heteroatoms. The molecular formula is C14H22ClNO2. The number of hydrogen-bond acceptors (Lipinski definition) is 3. The van der Waals surface area contributed by atoms with Crippen molar-refractivity contribution in [3.8, 4) is 5.75 Å². The molecule has 0 aliphatic carbocycles. The zero-order chi connectivity index (χ0) is 13.4. The van der Waals surface area contributed by atoms with E-state index in [2.05, 4.69) is 19.2 Å². The maximum atomic E-state index is 8.68. The number of ether oxygens (including phenoxy) is 1. The molecule has 0 aromatic heterocycles. The van der Waals surface area contributed by atoms with Gasteiger partial charge >= 0.3 is 0 Å². The third-order valence-electron chi connectivity index (χ3n) is 2.71. The number of halogens is 1. The van der Waals surface area contributed by atoms with E-state index < -0.39 is 0 Å². The van der Waals surface area contributed by atoms with Crippen molar-refractivity contribution in [3.63, 3.8) is 0 Å². The number of aliphatic hydroxyl groups excluding tert-OH is 1. The first kappa shape index (κ1) is 15.3. The minimum absolute atomic E-state index is 0.143. The van der Waals surface area contributed by atoms with Crippen LogP contribution in [-0.4, -0.2) is 24.9 Å². The van der Waals surface area contributed by atoms with Crippen LogP contribution in [-0.2, 0) is 0 Å². The summed E-state index contributed by atoms with van der Waals surface area (Å²) in [5.74, 6) is 0.750. The van der Waals surface area contributed by atoms with Gasteiger partial charge in [-0.1, -0.05) is 24.6 Å². The minimum Gasteiger partial charge on any atom is -0.493 e. The molecule has 0 saturated carbocycles. The van der Waals surface area contributed by atoms with Crippen molar-refractivity contribution in [1.82, 2.24) is 5.32 Å². The second-order valence-electron chi connectivity index (χ2n) is 4.28. The molecule has 0 amide bonds. The molecule has 1 rings (SSSR count). The van der Waals surface area contributed by atoms with Crippen LogP contribution < -0.4 is 10.1 Å². The van der Waals surface area contributed by atoms with Gasteiger partial charge in [-0.3, -0.25) is 0 Å². The molecule has 0 spiro atoms. The molecule has 1 aromatic carbocycles. The predicted octanol–water partition coefficient (Wildman–Crippen LogP) is 3.16. The van der Waals surface area contributed by atoms with Crippen molar-refractivity contribution in [3.05, 3.63) is 28.8 Å². The maximum absolute atomic E-state index is 8.68. The Hall–Kier alpha value is -0.770. The molecule has 1 atom stereocenters. The highest BCUT2D eigenvalue weighted by atomic mass is 35.5. The van der Waals surface area contributed by atoms with Gasteiger partial charge in [0.2, 0.25) is 0 Å². The Kier molecular flexibility index (Phi) is 7.09. The van der Waals surface area contributed by atoms with E-state index in [0.29, 0.717) is 18.1 Å². The van der Waals surface area contributed by atoms with Crippen LogP contribution in [0.25, 0.3) is 0 Å². The average Bonchev–Trinajstić information content (AvgIpc) is 2.36. The van der Waals surface area contributed by atoms with Crippen LogP contribution in [0.5, 0.6) is 5.75 Å². The van der Waals surface area contributed by atoms with Gasteiger partial charge in [0.15, 0.2) is 0 Å². The van der Waals surface area contributed by atoms with Crippen LogP contribution in [0.3, 0.4) is 0 Å². The van der Waals surface area contributed by atoms with Crippen LogP contribution >= 0.6 is 11.6 Å². The standard InChI is InChI=1S/C14H22ClNO2/c1-3-7-16-11(2)13-6-5-12(10-14(13)15)18-9-4-8-17/h5-6,10-11,16-17H,3-4,7-9H2,1-2H3. The first-order valence-corrected chi connectivity index (χ1v) is 6.83. The monoisotopic (exact) mass is 271 g/mol. The lowest BCUT2D eigenvalue weighted by atomic mass is 10.1. The highest BCUT2D eigenvalue weighted by Gasteiger charge is 2.09. The molecule has 0 saturated heterocycles. The van der Waals surface area contributed by atoms with Crippen LogP contribution in [0.15, 0.2) is 18.2 Å². The number of aliphatic hydroxyl groups is 1. The smallest absolute Gasteiger partial charge is 0.120 e. The second kappa shape index (κ2) is 8.35. The average molecular weight is 272 g/mol. The number of rotatable bonds is 8. The van der Waals surface area contributed by atoms with Crippen LogP contribution in [0, 0.1) is 0 Å². The van der Waals surface area contributed by atoms with Crippen molar-refractivity contribution in [2.24, 2.45) is 0 Å². The first-order chi connectivity index (χ1) is 8.69. The summed E-state index contributed by atoms with van der Waals surface area (Å²) in [5.41, 5.74) is 1.08. The van der Waals surface area contributed by atoms with Crippen molar-refractivity contribution in [2.75, 3.05) is 19.8 Å². The normalized spacial score (nSPS) is 12.4. The van der Waals surface area contributed by atoms with Gasteiger partial charge in [-0.25, -0.2) is 0 Å². The largest absolute Gasteiger partial charge is 0.493 e. The molecule has 2 N–H and O–H groups in total. The van der Waals surface area contributed by atoms with Gasteiger partial charge in [-0.15, -0.1) is 0 Å². The Labute approximate surface area is 114 Å². The molecule has 0 bridgehead atoms. The number of nitrogens with one attached hydrogen (secondary N) is 1. The van der Waals surface area contributed by atoms with E-state index in [9.17, 15) is 0 Å². The molecular weight excluding hydrogens is 250 g/mol. The number of benzene rings is 1. The molecule has 0 fully saturated rings. The van der Waals surface area contributed by atoms with Crippen LogP contribution in [0.2, 0.25) is 5.02 Å². The second-order valence-corrected chi connectivity index (χ2v) is 4.69. The molecule has 0 radical (unpaired) electrons. The fraction of sp³-hybridized carbons (Fsp3) is 0.571. The highest BCUT2D eigenvalue weighted by molar-refractivity contribution is 6.31. The fourth-order valence-electron chi connectivity index (χ4n) is 1.67. The molecule has 1 aromatic rings. The first-order valence-electron chi connectivity index (χ1n) is 6.45. The molecule has 3 nitrogen and oxygen atoms in total. The zero-order valence-corrected chi connectivity index (χ0v) is 11.8. The Morgan fingerprint density at radius 1 is 1.44 bits per heavy atom. The van der Waals surface area contributed by atoms with Gasteiger partial charge in [-0.05, 0) is 37.6 Å². The zero-order valence-electron chi connectivity index (χ0n) is 11.1. The predicted molar refractivity (Wildman–Crippen MR) is 75.4 cm³/mol. The van der Waals surface area contributed by atoms with Gasteiger partial charge in [-0.2, -0.15) is 0 Å². The molecule has 0 aliphatic heterocycles. The van der Waals surface area contributed by atoms with Crippen LogP contribution in [0.4, 0.5) is 0 Å². The van der Waals surface area contributed by atoms with Crippen molar-refractivity contribution >= 4 is 11.6 Å². The Balaban J connectivity index is 2.61. The maximum Gasteiger partial charge on any atom is 0.120 e. The summed E-state index contributed by atoms with van der Waals surface area (Å²) in [7, 11) is 0. The van der Waals surface area contributed by atoms with Gasteiger partial charge in [0, 0.05) is 24.1 Å². The summed E-state index contributed by atoms with van der Waals surface area (Å²) in [4.78, 5) is 0. The summed E-state index contributed by atoms with van der Waals surface area (Å²) < 4.78 is 5.48. The van der Waals surface area contributed by atoms with Gasteiger partial charge < -0.3 is 15.2 Å². The Morgan fingerprint density at radius 2 is 2.22 bits per heavy atom. The van der Waals surface area contributed by atoms with E-state index in [1.807, 2.05) is 18.2 Å². The summed E-state index contributed by atoms with van der Waals surface area (Å²) in [6.45, 7) is 5.87. The minimum atomic E-state index is 0.143. The highest BCUT2D eigenvalue weighted by Crippen LogP contribution is 2.27. The van der Waals surface area contributed by atoms with E-state index >= 15 is 0 Å². The molecule has 102 valence electrons. The van der Waals surface area contributed by atoms with E-state index in [4.69, 9.17) is 21.4 Å². The molecule has 18 heavy (non-hydrogen) atoms. The van der Waals surface area contributed by atoms with Crippen LogP contribution in [0.1, 0.15) is 38.3 Å². The van der Waals surface area contributed by atoms with Gasteiger partial charge in [0.25, 0.3) is 0 Å². The summed E-state index contributed by atoms with van der Waals surface area (Å²) in [5, 5.41) is 12.8. The lowest BCUT2D eigenvalue weighted by Crippen LogP contribution is -2.19. The summed E-state index contributed by atoms with van der Waals surface area (Å²) >= 11 is 6.25. The molecule has 0 aliphatic rings.